The third kappa shape index (κ3) is 3.10. The molecular weight excluding hydrogens is 440 g/mol. The monoisotopic (exact) mass is 456 g/mol. The van der Waals surface area contributed by atoms with Crippen LogP contribution in [0.4, 0.5) is 0 Å². The lowest BCUT2D eigenvalue weighted by atomic mass is 9.98. The van der Waals surface area contributed by atoms with Crippen LogP contribution in [-0.4, -0.2) is 39.5 Å². The second-order valence-electron chi connectivity index (χ2n) is 7.14. The molecule has 5 rings (SSSR count). The maximum Gasteiger partial charge on any atom is 0.163 e. The van der Waals surface area contributed by atoms with Gasteiger partial charge in [0.1, 0.15) is 9.84 Å². The molecule has 1 aliphatic heterocycles. The van der Waals surface area contributed by atoms with E-state index in [-0.39, 0.29) is 17.4 Å². The molecule has 0 radical (unpaired) electrons. The Morgan fingerprint density at radius 2 is 1.89 bits per heavy atom. The van der Waals surface area contributed by atoms with Crippen molar-refractivity contribution in [3.63, 3.8) is 0 Å². The van der Waals surface area contributed by atoms with Crippen LogP contribution in [0.2, 0.25) is 0 Å². The van der Waals surface area contributed by atoms with Crippen LogP contribution in [0, 0.1) is 0 Å². The van der Waals surface area contributed by atoms with E-state index in [0.717, 1.165) is 37.8 Å². The minimum Gasteiger partial charge on any atom is -0.256 e. The molecule has 4 aromatic rings. The summed E-state index contributed by atoms with van der Waals surface area (Å²) in [4.78, 5) is 9.44. The molecule has 0 unspecified atom stereocenters. The normalized spacial score (nSPS) is 17.3. The summed E-state index contributed by atoms with van der Waals surface area (Å²) in [6.45, 7) is 0. The molecule has 1 saturated heterocycles. The minimum absolute atomic E-state index is 0.125. The van der Waals surface area contributed by atoms with Crippen LogP contribution >= 0.6 is 15.9 Å². The van der Waals surface area contributed by atoms with E-state index in [1.54, 1.807) is 10.7 Å². The Morgan fingerprint density at radius 1 is 1.11 bits per heavy atom. The summed E-state index contributed by atoms with van der Waals surface area (Å²) >= 11 is 3.59. The molecular formula is C20H17BrN4O2S. The van der Waals surface area contributed by atoms with E-state index < -0.39 is 9.84 Å². The van der Waals surface area contributed by atoms with Crippen molar-refractivity contribution in [2.45, 2.75) is 18.8 Å². The lowest BCUT2D eigenvalue weighted by molar-refractivity contribution is 0.543. The predicted molar refractivity (Wildman–Crippen MR) is 112 cm³/mol. The number of pyridine rings is 1. The van der Waals surface area contributed by atoms with Gasteiger partial charge in [0.2, 0.25) is 0 Å². The maximum absolute atomic E-state index is 11.8. The van der Waals surface area contributed by atoms with Gasteiger partial charge >= 0.3 is 0 Å². The standard InChI is InChI=1S/C20H17BrN4O2S/c21-17-12-25-20(24-19(17)13-5-7-28(26,27)8-6-13)16(11-23-25)15-9-14-3-1-2-4-18(14)22-10-15/h1-4,9-13H,5-8H2. The molecule has 8 heteroatoms. The Kier molecular flexibility index (Phi) is 4.21. The molecule has 6 nitrogen and oxygen atoms in total. The van der Waals surface area contributed by atoms with E-state index in [9.17, 15) is 8.42 Å². The van der Waals surface area contributed by atoms with Crippen LogP contribution in [-0.2, 0) is 9.84 Å². The lowest BCUT2D eigenvalue weighted by Crippen LogP contribution is -2.23. The van der Waals surface area contributed by atoms with Gasteiger partial charge in [0.25, 0.3) is 0 Å². The van der Waals surface area contributed by atoms with Gasteiger partial charge in [-0.15, -0.1) is 0 Å². The summed E-state index contributed by atoms with van der Waals surface area (Å²) in [5.41, 5.74) is 4.47. The fraction of sp³-hybridized carbons (Fsp3) is 0.250. The van der Waals surface area contributed by atoms with Crippen molar-refractivity contribution in [1.82, 2.24) is 19.6 Å². The number of aromatic nitrogens is 4. The first-order valence-electron chi connectivity index (χ1n) is 9.09. The molecule has 0 saturated carbocycles. The van der Waals surface area contributed by atoms with Crippen molar-refractivity contribution in [3.05, 3.63) is 59.1 Å². The number of para-hydroxylation sites is 1. The fourth-order valence-electron chi connectivity index (χ4n) is 3.77. The third-order valence-electron chi connectivity index (χ3n) is 5.32. The van der Waals surface area contributed by atoms with Crippen molar-refractivity contribution in [3.8, 4) is 11.1 Å². The van der Waals surface area contributed by atoms with E-state index in [0.29, 0.717) is 12.8 Å². The van der Waals surface area contributed by atoms with Gasteiger partial charge in [0.15, 0.2) is 5.65 Å². The van der Waals surface area contributed by atoms with Crippen LogP contribution in [0.25, 0.3) is 27.7 Å². The molecule has 142 valence electrons. The third-order valence-corrected chi connectivity index (χ3v) is 7.65. The van der Waals surface area contributed by atoms with E-state index in [2.05, 4.69) is 32.1 Å². The summed E-state index contributed by atoms with van der Waals surface area (Å²) < 4.78 is 26.2. The van der Waals surface area contributed by atoms with Gasteiger partial charge in [0, 0.05) is 34.8 Å². The number of sulfone groups is 1. The van der Waals surface area contributed by atoms with Crippen LogP contribution in [0.15, 0.2) is 53.4 Å². The molecule has 3 aromatic heterocycles. The number of rotatable bonds is 2. The first-order valence-corrected chi connectivity index (χ1v) is 11.7. The molecule has 0 aliphatic carbocycles. The zero-order valence-corrected chi connectivity index (χ0v) is 17.3. The molecule has 0 atom stereocenters. The number of fused-ring (bicyclic) bond motifs is 2. The van der Waals surface area contributed by atoms with Gasteiger partial charge in [-0.05, 0) is 40.9 Å². The summed E-state index contributed by atoms with van der Waals surface area (Å²) in [6.07, 6.45) is 6.75. The van der Waals surface area contributed by atoms with E-state index >= 15 is 0 Å². The lowest BCUT2D eigenvalue weighted by Gasteiger charge is -2.22. The topological polar surface area (TPSA) is 77.2 Å². The molecule has 0 N–H and O–H groups in total. The number of halogens is 1. The number of nitrogens with zero attached hydrogens (tertiary/aromatic N) is 4. The molecule has 4 heterocycles. The second-order valence-corrected chi connectivity index (χ2v) is 10.3. The van der Waals surface area contributed by atoms with E-state index in [4.69, 9.17) is 4.98 Å². The Labute approximate surface area is 170 Å². The number of hydrogen-bond donors (Lipinski definition) is 0. The van der Waals surface area contributed by atoms with Gasteiger partial charge in [-0.3, -0.25) is 4.98 Å². The van der Waals surface area contributed by atoms with Gasteiger partial charge < -0.3 is 0 Å². The highest BCUT2D eigenvalue weighted by Crippen LogP contribution is 2.34. The maximum atomic E-state index is 11.8. The Bertz CT molecular complexity index is 1300. The van der Waals surface area contributed by atoms with Crippen molar-refractivity contribution in [1.29, 1.82) is 0 Å². The van der Waals surface area contributed by atoms with Gasteiger partial charge in [-0.1, -0.05) is 18.2 Å². The summed E-state index contributed by atoms with van der Waals surface area (Å²) in [5, 5.41) is 5.51. The second kappa shape index (κ2) is 6.63. The van der Waals surface area contributed by atoms with Gasteiger partial charge in [-0.2, -0.15) is 5.10 Å². The number of hydrogen-bond acceptors (Lipinski definition) is 5. The summed E-state index contributed by atoms with van der Waals surface area (Å²) in [5.74, 6) is 0.565. The highest BCUT2D eigenvalue weighted by atomic mass is 79.9. The molecule has 0 amide bonds. The van der Waals surface area contributed by atoms with E-state index in [1.807, 2.05) is 36.7 Å². The van der Waals surface area contributed by atoms with Crippen LogP contribution in [0.3, 0.4) is 0 Å². The van der Waals surface area contributed by atoms with Gasteiger partial charge in [-0.25, -0.2) is 17.9 Å². The Balaban J connectivity index is 1.60. The van der Waals surface area contributed by atoms with Crippen molar-refractivity contribution in [2.75, 3.05) is 11.5 Å². The molecule has 1 aliphatic rings. The van der Waals surface area contributed by atoms with Crippen molar-refractivity contribution >= 4 is 42.3 Å². The zero-order chi connectivity index (χ0) is 19.3. The SMILES string of the molecule is O=S1(=O)CCC(c2nc3c(-c4cnc5ccccc5c4)cnn3cc2Br)CC1. The first-order chi connectivity index (χ1) is 13.5. The smallest absolute Gasteiger partial charge is 0.163 e. The Morgan fingerprint density at radius 3 is 2.71 bits per heavy atom. The average Bonchev–Trinajstić information content (AvgIpc) is 3.10. The average molecular weight is 457 g/mol. The zero-order valence-electron chi connectivity index (χ0n) is 14.9. The molecule has 0 spiro atoms. The van der Waals surface area contributed by atoms with Crippen LogP contribution in [0.5, 0.6) is 0 Å². The largest absolute Gasteiger partial charge is 0.256 e. The molecule has 28 heavy (non-hydrogen) atoms. The molecule has 1 fully saturated rings. The predicted octanol–water partition coefficient (Wildman–Crippen LogP) is 4.00. The van der Waals surface area contributed by atoms with Crippen molar-refractivity contribution in [2.24, 2.45) is 0 Å². The van der Waals surface area contributed by atoms with E-state index in [1.165, 1.54) is 0 Å². The van der Waals surface area contributed by atoms with Crippen LogP contribution in [0.1, 0.15) is 24.5 Å². The number of benzene rings is 1. The van der Waals surface area contributed by atoms with Crippen LogP contribution < -0.4 is 0 Å². The highest BCUT2D eigenvalue weighted by Gasteiger charge is 2.27. The quantitative estimate of drug-likeness (QED) is 0.455. The molecule has 0 bridgehead atoms. The summed E-state index contributed by atoms with van der Waals surface area (Å²) in [6, 6.07) is 10.1. The van der Waals surface area contributed by atoms with Crippen molar-refractivity contribution < 1.29 is 8.42 Å². The molecule has 1 aromatic carbocycles. The van der Waals surface area contributed by atoms with Gasteiger partial charge in [0.05, 0.1) is 33.4 Å². The first kappa shape index (κ1) is 17.8. The summed E-state index contributed by atoms with van der Waals surface area (Å²) in [7, 11) is -2.91. The highest BCUT2D eigenvalue weighted by molar-refractivity contribution is 9.10. The Hall–Kier alpha value is -2.32. The fourth-order valence-corrected chi connectivity index (χ4v) is 5.87. The minimum atomic E-state index is -2.91.